The zero-order chi connectivity index (χ0) is 21.1. The van der Waals surface area contributed by atoms with Crippen LogP contribution in [-0.2, 0) is 18.3 Å². The second kappa shape index (κ2) is 8.13. The van der Waals surface area contributed by atoms with Crippen molar-refractivity contribution in [2.45, 2.75) is 6.42 Å². The van der Waals surface area contributed by atoms with Crippen LogP contribution < -0.4 is 10.1 Å². The molecule has 1 aromatic heterocycles. The Morgan fingerprint density at radius 3 is 2.23 bits per heavy atom. The molecular weight excluding hydrogens is 380 g/mol. The topological polar surface area (TPSA) is 80.6 Å². The van der Waals surface area contributed by atoms with Crippen molar-refractivity contribution >= 4 is 28.5 Å². The lowest BCUT2D eigenvalue weighted by Gasteiger charge is -2.08. The molecule has 30 heavy (non-hydrogen) atoms. The molecule has 0 spiro atoms. The van der Waals surface area contributed by atoms with E-state index in [2.05, 4.69) is 5.32 Å². The van der Waals surface area contributed by atoms with Crippen LogP contribution in [0, 0.1) is 0 Å². The van der Waals surface area contributed by atoms with Crippen LogP contribution in [0.1, 0.15) is 16.1 Å². The first-order valence-corrected chi connectivity index (χ1v) is 9.45. The largest absolute Gasteiger partial charge is 0.477 e. The Morgan fingerprint density at radius 1 is 0.900 bits per heavy atom. The summed E-state index contributed by atoms with van der Waals surface area (Å²) in [5.41, 5.74) is 2.01. The van der Waals surface area contributed by atoms with Gasteiger partial charge in [0.15, 0.2) is 0 Å². The lowest BCUT2D eigenvalue weighted by atomic mass is 10.1. The molecule has 3 aromatic carbocycles. The van der Waals surface area contributed by atoms with E-state index < -0.39 is 5.97 Å². The molecule has 0 unspecified atom stereocenters. The molecule has 6 nitrogen and oxygen atoms in total. The lowest BCUT2D eigenvalue weighted by molar-refractivity contribution is -0.115. The van der Waals surface area contributed by atoms with Gasteiger partial charge in [-0.25, -0.2) is 4.79 Å². The van der Waals surface area contributed by atoms with Gasteiger partial charge in [0.25, 0.3) is 0 Å². The highest BCUT2D eigenvalue weighted by Crippen LogP contribution is 2.27. The maximum absolute atomic E-state index is 12.6. The molecule has 0 aliphatic heterocycles. The Labute approximate surface area is 173 Å². The third-order valence-corrected chi connectivity index (χ3v) is 4.87. The third kappa shape index (κ3) is 3.89. The van der Waals surface area contributed by atoms with Crippen molar-refractivity contribution in [3.63, 3.8) is 0 Å². The second-order valence-corrected chi connectivity index (χ2v) is 6.87. The molecule has 0 fully saturated rings. The van der Waals surface area contributed by atoms with E-state index in [1.165, 1.54) is 0 Å². The van der Waals surface area contributed by atoms with Crippen LogP contribution in [0.3, 0.4) is 0 Å². The van der Waals surface area contributed by atoms with Crippen LogP contribution in [0.2, 0.25) is 0 Å². The molecule has 1 amide bonds. The molecule has 4 aromatic rings. The second-order valence-electron chi connectivity index (χ2n) is 6.87. The minimum atomic E-state index is -1.06. The number of hydrogen-bond donors (Lipinski definition) is 2. The fraction of sp³-hybridized carbons (Fsp3) is 0.0833. The number of nitrogens with zero attached hydrogens (tertiary/aromatic N) is 1. The predicted octanol–water partition coefficient (Wildman–Crippen LogP) is 4.85. The first kappa shape index (κ1) is 19.3. The number of anilines is 1. The zero-order valence-corrected chi connectivity index (χ0v) is 16.3. The van der Waals surface area contributed by atoms with Crippen LogP contribution in [0.5, 0.6) is 11.5 Å². The molecule has 0 saturated carbocycles. The summed E-state index contributed by atoms with van der Waals surface area (Å²) < 4.78 is 7.35. The molecule has 0 atom stereocenters. The number of carboxylic acids is 1. The van der Waals surface area contributed by atoms with Crippen molar-refractivity contribution in [2.75, 3.05) is 5.32 Å². The molecule has 0 aliphatic carbocycles. The first-order valence-electron chi connectivity index (χ1n) is 9.45. The monoisotopic (exact) mass is 400 g/mol. The van der Waals surface area contributed by atoms with E-state index in [1.54, 1.807) is 35.9 Å². The summed E-state index contributed by atoms with van der Waals surface area (Å²) in [6.45, 7) is 0. The van der Waals surface area contributed by atoms with Crippen molar-refractivity contribution in [3.05, 3.63) is 90.1 Å². The first-order chi connectivity index (χ1) is 14.5. The van der Waals surface area contributed by atoms with E-state index in [0.717, 1.165) is 16.7 Å². The molecule has 2 N–H and O–H groups in total. The summed E-state index contributed by atoms with van der Waals surface area (Å²) in [6, 6.07) is 23.8. The van der Waals surface area contributed by atoms with Crippen LogP contribution >= 0.6 is 0 Å². The van der Waals surface area contributed by atoms with Crippen molar-refractivity contribution < 1.29 is 19.4 Å². The number of para-hydroxylation sites is 2. The normalized spacial score (nSPS) is 10.7. The number of ether oxygens (including phenoxy) is 1. The summed E-state index contributed by atoms with van der Waals surface area (Å²) >= 11 is 0. The standard InChI is InChI=1S/C24H20N2O4/c1-26-21-10-6-5-9-19(21)20(23(26)24(28)29)15-22(27)25-16-11-13-18(14-12-16)30-17-7-3-2-4-8-17/h2-14H,15H2,1H3,(H,25,27)(H,28,29). The number of aryl methyl sites for hydroxylation is 1. The van der Waals surface area contributed by atoms with Gasteiger partial charge in [0.05, 0.1) is 6.42 Å². The molecule has 0 bridgehead atoms. The maximum Gasteiger partial charge on any atom is 0.352 e. The van der Waals surface area contributed by atoms with Crippen LogP contribution in [0.15, 0.2) is 78.9 Å². The number of carboxylic acid groups (broad SMARTS) is 1. The Kier molecular flexibility index (Phi) is 5.22. The fourth-order valence-corrected chi connectivity index (χ4v) is 3.52. The van der Waals surface area contributed by atoms with Gasteiger partial charge in [-0.3, -0.25) is 4.79 Å². The molecular formula is C24H20N2O4. The molecule has 4 rings (SSSR count). The number of aromatic carboxylic acids is 1. The number of benzene rings is 3. The van der Waals surface area contributed by atoms with Gasteiger partial charge in [0, 0.05) is 29.2 Å². The van der Waals surface area contributed by atoms with Gasteiger partial charge in [-0.2, -0.15) is 0 Å². The molecule has 150 valence electrons. The highest BCUT2D eigenvalue weighted by molar-refractivity contribution is 6.02. The van der Waals surface area contributed by atoms with Gasteiger partial charge in [-0.05, 0) is 42.5 Å². The predicted molar refractivity (Wildman–Crippen MR) is 115 cm³/mol. The van der Waals surface area contributed by atoms with Gasteiger partial charge in [-0.1, -0.05) is 36.4 Å². The van der Waals surface area contributed by atoms with Crippen molar-refractivity contribution in [1.29, 1.82) is 0 Å². The van der Waals surface area contributed by atoms with E-state index in [1.807, 2.05) is 54.6 Å². The van der Waals surface area contributed by atoms with Gasteiger partial charge in [0.1, 0.15) is 17.2 Å². The van der Waals surface area contributed by atoms with Crippen LogP contribution in [0.4, 0.5) is 5.69 Å². The molecule has 0 aliphatic rings. The summed E-state index contributed by atoms with van der Waals surface area (Å²) in [5.74, 6) is 0.0392. The van der Waals surface area contributed by atoms with Gasteiger partial charge < -0.3 is 19.7 Å². The average molecular weight is 400 g/mol. The van der Waals surface area contributed by atoms with E-state index >= 15 is 0 Å². The Bertz CT molecular complexity index is 1210. The van der Waals surface area contributed by atoms with Gasteiger partial charge in [-0.15, -0.1) is 0 Å². The highest BCUT2D eigenvalue weighted by atomic mass is 16.5. The zero-order valence-electron chi connectivity index (χ0n) is 16.3. The van der Waals surface area contributed by atoms with Gasteiger partial charge >= 0.3 is 5.97 Å². The number of aromatic nitrogens is 1. The highest BCUT2D eigenvalue weighted by Gasteiger charge is 2.22. The summed E-state index contributed by atoms with van der Waals surface area (Å²) in [5, 5.41) is 13.2. The van der Waals surface area contributed by atoms with Crippen molar-refractivity contribution in [2.24, 2.45) is 7.05 Å². The van der Waals surface area contributed by atoms with Crippen molar-refractivity contribution in [1.82, 2.24) is 4.57 Å². The fourth-order valence-electron chi connectivity index (χ4n) is 3.52. The molecule has 0 radical (unpaired) electrons. The smallest absolute Gasteiger partial charge is 0.352 e. The van der Waals surface area contributed by atoms with Crippen LogP contribution in [0.25, 0.3) is 10.9 Å². The minimum Gasteiger partial charge on any atom is -0.477 e. The third-order valence-electron chi connectivity index (χ3n) is 4.87. The van der Waals surface area contributed by atoms with Crippen molar-refractivity contribution in [3.8, 4) is 11.5 Å². The average Bonchev–Trinajstić information content (AvgIpc) is 3.02. The quantitative estimate of drug-likeness (QED) is 0.485. The molecule has 6 heteroatoms. The van der Waals surface area contributed by atoms with E-state index in [9.17, 15) is 14.7 Å². The number of carbonyl (C=O) groups excluding carboxylic acids is 1. The summed E-state index contributed by atoms with van der Waals surface area (Å²) in [4.78, 5) is 24.4. The minimum absolute atomic E-state index is 0.0365. The number of hydrogen-bond acceptors (Lipinski definition) is 3. The molecule has 0 saturated heterocycles. The van der Waals surface area contributed by atoms with E-state index in [0.29, 0.717) is 17.0 Å². The Balaban J connectivity index is 1.50. The number of carbonyl (C=O) groups is 2. The van der Waals surface area contributed by atoms with E-state index in [-0.39, 0.29) is 18.0 Å². The Hall–Kier alpha value is -4.06. The van der Waals surface area contributed by atoms with Gasteiger partial charge in [0.2, 0.25) is 5.91 Å². The number of amides is 1. The van der Waals surface area contributed by atoms with E-state index in [4.69, 9.17) is 4.74 Å². The number of rotatable bonds is 6. The molecule has 1 heterocycles. The SMILES string of the molecule is Cn1c(C(=O)O)c(CC(=O)Nc2ccc(Oc3ccccc3)cc2)c2ccccc21. The lowest BCUT2D eigenvalue weighted by Crippen LogP contribution is -2.17. The number of fused-ring (bicyclic) bond motifs is 1. The Morgan fingerprint density at radius 2 is 1.53 bits per heavy atom. The number of nitrogens with one attached hydrogen (secondary N) is 1. The maximum atomic E-state index is 12.6. The summed E-state index contributed by atoms with van der Waals surface area (Å²) in [7, 11) is 1.69. The van der Waals surface area contributed by atoms with Crippen LogP contribution in [-0.4, -0.2) is 21.6 Å². The summed E-state index contributed by atoms with van der Waals surface area (Å²) in [6.07, 6.45) is -0.0365.